The highest BCUT2D eigenvalue weighted by atomic mass is 14.5. The number of hydrogen-bond donors (Lipinski definition) is 0. The molecule has 0 saturated heterocycles. The van der Waals surface area contributed by atoms with Crippen LogP contribution in [0.2, 0.25) is 0 Å². The minimum atomic E-state index is 0.536. The fourth-order valence-corrected chi connectivity index (χ4v) is 5.40. The second-order valence-corrected chi connectivity index (χ2v) is 9.41. The molecule has 3 aliphatic rings. The predicted octanol–water partition coefficient (Wildman–Crippen LogP) is 7.21. The van der Waals surface area contributed by atoms with Crippen LogP contribution in [0.4, 0.5) is 0 Å². The summed E-state index contributed by atoms with van der Waals surface area (Å²) < 4.78 is 0. The molecule has 0 amide bonds. The first-order valence-electron chi connectivity index (χ1n) is 10.6. The SMILES string of the molecule is C=C(C)C1C(C2C=CC2C2CCC2)=CCC=CC(C(C)C(C)C)C1C. The van der Waals surface area contributed by atoms with E-state index >= 15 is 0 Å². The van der Waals surface area contributed by atoms with Crippen LogP contribution in [0.15, 0.2) is 48.1 Å². The highest BCUT2D eigenvalue weighted by Gasteiger charge is 2.41. The Bertz CT molecular complexity index is 569. The Balaban J connectivity index is 1.88. The molecule has 0 heteroatoms. The van der Waals surface area contributed by atoms with E-state index in [0.717, 1.165) is 24.2 Å². The van der Waals surface area contributed by atoms with Gasteiger partial charge in [0.05, 0.1) is 0 Å². The van der Waals surface area contributed by atoms with Crippen LogP contribution in [0.5, 0.6) is 0 Å². The van der Waals surface area contributed by atoms with Gasteiger partial charge < -0.3 is 0 Å². The summed E-state index contributed by atoms with van der Waals surface area (Å²) in [4.78, 5) is 0. The largest absolute Gasteiger partial charge is 0.0995 e. The van der Waals surface area contributed by atoms with E-state index in [1.807, 2.05) is 0 Å². The zero-order valence-corrected chi connectivity index (χ0v) is 17.0. The molecule has 3 rings (SSSR count). The lowest BCUT2D eigenvalue weighted by Gasteiger charge is -2.46. The predicted molar refractivity (Wildman–Crippen MR) is 110 cm³/mol. The molecule has 1 fully saturated rings. The zero-order chi connectivity index (χ0) is 18.1. The van der Waals surface area contributed by atoms with Gasteiger partial charge in [0.15, 0.2) is 0 Å². The van der Waals surface area contributed by atoms with E-state index in [4.69, 9.17) is 0 Å². The average Bonchev–Trinajstić information content (AvgIpc) is 2.46. The van der Waals surface area contributed by atoms with Crippen LogP contribution in [0.1, 0.15) is 60.3 Å². The van der Waals surface area contributed by atoms with Crippen LogP contribution in [0, 0.1) is 47.3 Å². The molecule has 3 aliphatic carbocycles. The maximum Gasteiger partial charge on any atom is 0.00485 e. The van der Waals surface area contributed by atoms with Gasteiger partial charge in [-0.2, -0.15) is 0 Å². The Morgan fingerprint density at radius 2 is 1.84 bits per heavy atom. The lowest BCUT2D eigenvalue weighted by molar-refractivity contribution is 0.178. The van der Waals surface area contributed by atoms with Gasteiger partial charge in [0.1, 0.15) is 0 Å². The number of allylic oxidation sites excluding steroid dienone is 7. The van der Waals surface area contributed by atoms with E-state index in [9.17, 15) is 0 Å². The van der Waals surface area contributed by atoms with E-state index in [1.54, 1.807) is 5.57 Å². The van der Waals surface area contributed by atoms with Crippen molar-refractivity contribution in [2.24, 2.45) is 47.3 Å². The maximum absolute atomic E-state index is 4.45. The van der Waals surface area contributed by atoms with Crippen molar-refractivity contribution in [3.63, 3.8) is 0 Å². The van der Waals surface area contributed by atoms with Crippen molar-refractivity contribution in [2.75, 3.05) is 0 Å². The lowest BCUT2D eigenvalue weighted by Crippen LogP contribution is -2.37. The molecular weight excluding hydrogens is 300 g/mol. The summed E-state index contributed by atoms with van der Waals surface area (Å²) in [5.74, 6) is 5.68. The Morgan fingerprint density at radius 3 is 2.32 bits per heavy atom. The Labute approximate surface area is 156 Å². The minimum absolute atomic E-state index is 0.536. The lowest BCUT2D eigenvalue weighted by atomic mass is 9.59. The van der Waals surface area contributed by atoms with Gasteiger partial charge in [0.2, 0.25) is 0 Å². The Hall–Kier alpha value is -1.04. The van der Waals surface area contributed by atoms with Gasteiger partial charge in [-0.25, -0.2) is 0 Å². The minimum Gasteiger partial charge on any atom is -0.0995 e. The van der Waals surface area contributed by atoms with Gasteiger partial charge >= 0.3 is 0 Å². The molecule has 25 heavy (non-hydrogen) atoms. The third kappa shape index (κ3) is 3.60. The molecule has 0 N–H and O–H groups in total. The van der Waals surface area contributed by atoms with Crippen LogP contribution < -0.4 is 0 Å². The first kappa shape index (κ1) is 18.7. The van der Waals surface area contributed by atoms with E-state index < -0.39 is 0 Å². The Kier molecular flexibility index (Phi) is 5.76. The van der Waals surface area contributed by atoms with E-state index in [2.05, 4.69) is 71.6 Å². The quantitative estimate of drug-likeness (QED) is 0.464. The van der Waals surface area contributed by atoms with Gasteiger partial charge in [0.25, 0.3) is 0 Å². The van der Waals surface area contributed by atoms with Gasteiger partial charge in [0, 0.05) is 11.8 Å². The number of hydrogen-bond acceptors (Lipinski definition) is 0. The van der Waals surface area contributed by atoms with Crippen molar-refractivity contribution in [2.45, 2.75) is 60.3 Å². The van der Waals surface area contributed by atoms with Crippen LogP contribution >= 0.6 is 0 Å². The maximum atomic E-state index is 4.45. The zero-order valence-electron chi connectivity index (χ0n) is 17.0. The topological polar surface area (TPSA) is 0 Å². The van der Waals surface area contributed by atoms with E-state index in [-0.39, 0.29) is 0 Å². The highest BCUT2D eigenvalue weighted by Crippen LogP contribution is 2.50. The molecule has 0 aromatic carbocycles. The average molecular weight is 339 g/mol. The number of rotatable bonds is 5. The molecule has 138 valence electrons. The summed E-state index contributed by atoms with van der Waals surface area (Å²) in [5, 5.41) is 0. The van der Waals surface area contributed by atoms with Crippen molar-refractivity contribution >= 4 is 0 Å². The van der Waals surface area contributed by atoms with Gasteiger partial charge in [-0.05, 0) is 61.7 Å². The summed E-state index contributed by atoms with van der Waals surface area (Å²) in [6.07, 6.45) is 17.9. The van der Waals surface area contributed by atoms with Gasteiger partial charge in [-0.3, -0.25) is 0 Å². The molecule has 0 radical (unpaired) electrons. The van der Waals surface area contributed by atoms with Crippen molar-refractivity contribution in [1.29, 1.82) is 0 Å². The molecule has 0 aromatic rings. The van der Waals surface area contributed by atoms with Crippen LogP contribution in [-0.2, 0) is 0 Å². The van der Waals surface area contributed by atoms with Gasteiger partial charge in [-0.15, -0.1) is 0 Å². The molecule has 6 unspecified atom stereocenters. The van der Waals surface area contributed by atoms with Crippen LogP contribution in [0.25, 0.3) is 0 Å². The molecular formula is C25H38. The molecule has 1 saturated carbocycles. The van der Waals surface area contributed by atoms with E-state index in [1.165, 1.54) is 24.8 Å². The first-order valence-corrected chi connectivity index (χ1v) is 10.6. The molecule has 0 aliphatic heterocycles. The van der Waals surface area contributed by atoms with Crippen molar-refractivity contribution < 1.29 is 0 Å². The summed E-state index contributed by atoms with van der Waals surface area (Å²) in [5.41, 5.74) is 3.05. The van der Waals surface area contributed by atoms with E-state index in [0.29, 0.717) is 29.6 Å². The summed E-state index contributed by atoms with van der Waals surface area (Å²) >= 11 is 0. The molecule has 0 heterocycles. The van der Waals surface area contributed by atoms with Crippen molar-refractivity contribution in [1.82, 2.24) is 0 Å². The van der Waals surface area contributed by atoms with Gasteiger partial charge in [-0.1, -0.05) is 82.2 Å². The molecule has 6 atom stereocenters. The smallest absolute Gasteiger partial charge is 0.00485 e. The monoisotopic (exact) mass is 338 g/mol. The second-order valence-electron chi connectivity index (χ2n) is 9.41. The fourth-order valence-electron chi connectivity index (χ4n) is 5.40. The summed E-state index contributed by atoms with van der Waals surface area (Å²) in [7, 11) is 0. The van der Waals surface area contributed by atoms with Crippen molar-refractivity contribution in [3.05, 3.63) is 48.1 Å². The molecule has 0 spiro atoms. The molecule has 0 bridgehead atoms. The summed E-state index contributed by atoms with van der Waals surface area (Å²) in [6, 6.07) is 0. The van der Waals surface area contributed by atoms with Crippen molar-refractivity contribution in [3.8, 4) is 0 Å². The second kappa shape index (κ2) is 7.68. The van der Waals surface area contributed by atoms with Crippen LogP contribution in [-0.4, -0.2) is 0 Å². The summed E-state index contributed by atoms with van der Waals surface area (Å²) in [6.45, 7) is 16.4. The third-order valence-electron chi connectivity index (χ3n) is 7.56. The molecule has 0 aromatic heterocycles. The Morgan fingerprint density at radius 1 is 1.12 bits per heavy atom. The first-order chi connectivity index (χ1) is 11.9. The fraction of sp³-hybridized carbons (Fsp3) is 0.680. The third-order valence-corrected chi connectivity index (χ3v) is 7.56. The standard InChI is InChI=1S/C25H38/c1-16(2)18(5)21-12-7-8-13-24(25(17(3)4)19(21)6)23-15-14-22(23)20-10-9-11-20/h7,12-16,18-23,25H,3,8-11H2,1-2,4-6H3. The van der Waals surface area contributed by atoms with Crippen LogP contribution in [0.3, 0.4) is 0 Å². The normalized spacial score (nSPS) is 36.9. The highest BCUT2D eigenvalue weighted by molar-refractivity contribution is 5.33. The molecule has 0 nitrogen and oxygen atoms in total.